The number of nitrogens with zero attached hydrogens (tertiary/aromatic N) is 3. The first-order valence-electron chi connectivity index (χ1n) is 10.2. The molecule has 8 heteroatoms. The summed E-state index contributed by atoms with van der Waals surface area (Å²) in [6.45, 7) is 3.75. The van der Waals surface area contributed by atoms with Crippen LogP contribution >= 0.6 is 0 Å². The molecule has 0 fully saturated rings. The third kappa shape index (κ3) is 7.72. The first kappa shape index (κ1) is 27.9. The van der Waals surface area contributed by atoms with Crippen molar-refractivity contribution in [3.8, 4) is 0 Å². The maximum absolute atomic E-state index is 11.7. The van der Waals surface area contributed by atoms with Crippen LogP contribution in [-0.4, -0.2) is 28.4 Å². The summed E-state index contributed by atoms with van der Waals surface area (Å²) in [5.74, 6) is -1.67. The fourth-order valence-corrected chi connectivity index (χ4v) is 3.18. The number of para-hydroxylation sites is 1. The molecule has 0 spiro atoms. The maximum Gasteiger partial charge on any atom is 2.00 e. The molecule has 0 amide bonds. The van der Waals surface area contributed by atoms with Crippen molar-refractivity contribution >= 4 is 23.6 Å². The molecule has 2 heterocycles. The van der Waals surface area contributed by atoms with E-state index in [1.54, 1.807) is 30.3 Å². The molecule has 2 aliphatic heterocycles. The average molecular weight is 540 g/mol. The first-order valence-corrected chi connectivity index (χ1v) is 10.2. The quantitative estimate of drug-likeness (QED) is 0.327. The minimum absolute atomic E-state index is 0. The molecule has 0 saturated carbocycles. The number of aliphatic carboxylic acids is 1. The van der Waals surface area contributed by atoms with Crippen LogP contribution in [0.25, 0.3) is 6.08 Å². The van der Waals surface area contributed by atoms with Gasteiger partial charge in [0.2, 0.25) is 0 Å². The number of aliphatic imine (C=N–C) groups is 1. The van der Waals surface area contributed by atoms with Gasteiger partial charge in [-0.25, -0.2) is 0 Å². The molecule has 4 rings (SSSR count). The summed E-state index contributed by atoms with van der Waals surface area (Å²) in [6.07, 6.45) is 12.6. The Bertz CT molecular complexity index is 1020. The second-order valence-corrected chi connectivity index (χ2v) is 7.55. The van der Waals surface area contributed by atoms with E-state index in [4.69, 9.17) is 0 Å². The molecule has 1 atom stereocenters. The normalized spacial score (nSPS) is 14.2. The zero-order valence-electron chi connectivity index (χ0n) is 18.4. The molecule has 33 heavy (non-hydrogen) atoms. The van der Waals surface area contributed by atoms with Crippen LogP contribution in [0.2, 0.25) is 0 Å². The number of hydrogen-bond donors (Lipinski definition) is 0. The molecule has 0 aliphatic carbocycles. The summed E-state index contributed by atoms with van der Waals surface area (Å²) in [6, 6.07) is 15.7. The van der Waals surface area contributed by atoms with Crippen LogP contribution in [0.4, 0.5) is 5.69 Å². The predicted molar refractivity (Wildman–Crippen MR) is 123 cm³/mol. The van der Waals surface area contributed by atoms with Gasteiger partial charge in [0.1, 0.15) is 0 Å². The molecule has 2 aromatic carbocycles. The van der Waals surface area contributed by atoms with Crippen molar-refractivity contribution in [2.75, 3.05) is 5.01 Å². The van der Waals surface area contributed by atoms with Gasteiger partial charge in [0.25, 0.3) is 0 Å². The van der Waals surface area contributed by atoms with E-state index < -0.39 is 17.9 Å². The zero-order valence-corrected chi connectivity index (χ0v) is 20.0. The van der Waals surface area contributed by atoms with Crippen molar-refractivity contribution in [3.63, 3.8) is 0 Å². The molecule has 2 N–H and O–H groups in total. The summed E-state index contributed by atoms with van der Waals surface area (Å²) >= 11 is 0. The summed E-state index contributed by atoms with van der Waals surface area (Å²) in [5, 5.41) is 26.7. The Balaban J connectivity index is 0.000000314. The van der Waals surface area contributed by atoms with E-state index >= 15 is 0 Å². The number of allylic oxidation sites excluding steroid dienone is 2. The second-order valence-electron chi connectivity index (χ2n) is 7.55. The molecule has 176 valence electrons. The minimum Gasteiger partial charge on any atom is -0.858 e. The number of benzene rings is 2. The minimum atomic E-state index is -1.30. The molecule has 1 unspecified atom stereocenters. The number of carbonyl (C=O) groups is 1. The van der Waals surface area contributed by atoms with Crippen LogP contribution < -0.4 is 15.2 Å². The largest absolute Gasteiger partial charge is 2.00 e. The van der Waals surface area contributed by atoms with E-state index in [1.807, 2.05) is 32.2 Å². The van der Waals surface area contributed by atoms with E-state index in [0.717, 1.165) is 0 Å². The molecular weight excluding hydrogens is 513 g/mol. The number of carbonyl (C=O) groups excluding carboxylic acids is 1. The molecule has 0 bridgehead atoms. The Kier molecular flexibility index (Phi) is 11.3. The Hall–Kier alpha value is -3.18. The van der Waals surface area contributed by atoms with Crippen molar-refractivity contribution in [3.05, 3.63) is 96.5 Å². The fourth-order valence-electron chi connectivity index (χ4n) is 3.18. The summed E-state index contributed by atoms with van der Waals surface area (Å²) in [5.41, 5.74) is 2.86. The topological polar surface area (TPSA) is 114 Å². The Morgan fingerprint density at radius 3 is 2.24 bits per heavy atom. The Morgan fingerprint density at radius 2 is 1.58 bits per heavy atom. The van der Waals surface area contributed by atoms with Crippen LogP contribution in [0.3, 0.4) is 0 Å². The number of rotatable bonds is 5. The number of hydrazine groups is 1. The van der Waals surface area contributed by atoms with E-state index in [-0.39, 0.29) is 31.8 Å². The SMILES string of the molecule is C1=CN2C=Cc3ccccc3N2C=C1.CC(C)CC(N=C([O-])c1ccccc1)C(=O)[O-].O.[Pd+2]. The van der Waals surface area contributed by atoms with Gasteiger partial charge in [0, 0.05) is 24.2 Å². The summed E-state index contributed by atoms with van der Waals surface area (Å²) in [7, 11) is 0. The Labute approximate surface area is 208 Å². The van der Waals surface area contributed by atoms with Gasteiger partial charge in [-0.15, -0.1) is 0 Å². The summed E-state index contributed by atoms with van der Waals surface area (Å²) in [4.78, 5) is 14.5. The van der Waals surface area contributed by atoms with E-state index in [9.17, 15) is 15.0 Å². The van der Waals surface area contributed by atoms with Crippen molar-refractivity contribution in [2.45, 2.75) is 26.3 Å². The zero-order chi connectivity index (χ0) is 22.2. The maximum atomic E-state index is 11.7. The molecule has 2 aliphatic rings. The number of hydrogen-bond acceptors (Lipinski definition) is 6. The van der Waals surface area contributed by atoms with Gasteiger partial charge in [-0.3, -0.25) is 15.0 Å². The average Bonchev–Trinajstić information content (AvgIpc) is 2.79. The Morgan fingerprint density at radius 1 is 0.939 bits per heavy atom. The third-order valence-electron chi connectivity index (χ3n) is 4.68. The van der Waals surface area contributed by atoms with Gasteiger partial charge >= 0.3 is 20.4 Å². The molecule has 2 aromatic rings. The number of carboxylic acids is 1. The van der Waals surface area contributed by atoms with Gasteiger partial charge < -0.3 is 20.5 Å². The molecular formula is C25H27N3O4Pd. The van der Waals surface area contributed by atoms with Gasteiger partial charge in [-0.1, -0.05) is 62.4 Å². The van der Waals surface area contributed by atoms with Crippen molar-refractivity contribution in [1.29, 1.82) is 0 Å². The third-order valence-corrected chi connectivity index (χ3v) is 4.68. The van der Waals surface area contributed by atoms with Gasteiger partial charge in [0.15, 0.2) is 0 Å². The van der Waals surface area contributed by atoms with E-state index in [0.29, 0.717) is 12.0 Å². The van der Waals surface area contributed by atoms with Gasteiger partial charge in [-0.05, 0) is 48.1 Å². The van der Waals surface area contributed by atoms with E-state index in [2.05, 4.69) is 57.8 Å². The van der Waals surface area contributed by atoms with Crippen LogP contribution in [0.15, 0.2) is 90.3 Å². The standard InChI is InChI=1S/C13H17NO3.C12H10N2.H2O.Pd/c1-9(2)8-11(13(16)17)14-12(15)10-6-4-3-5-7-10;1-2-6-12-11(5-1)7-10-13-8-3-4-9-14(12)13;;/h3-7,9,11H,8H2,1-2H3,(H,14,15)(H,16,17);1-10H;1H2;/q;;;+2/p-2. The van der Waals surface area contributed by atoms with Crippen LogP contribution in [0.5, 0.6) is 0 Å². The number of carboxylic acid groups (broad SMARTS) is 1. The van der Waals surface area contributed by atoms with Crippen molar-refractivity contribution in [2.24, 2.45) is 10.9 Å². The molecule has 0 radical (unpaired) electrons. The first-order chi connectivity index (χ1) is 15.0. The van der Waals surface area contributed by atoms with Gasteiger partial charge in [-0.2, -0.15) is 0 Å². The van der Waals surface area contributed by atoms with Crippen LogP contribution in [0.1, 0.15) is 31.4 Å². The van der Waals surface area contributed by atoms with Crippen molar-refractivity contribution in [1.82, 2.24) is 5.01 Å². The molecule has 7 nitrogen and oxygen atoms in total. The van der Waals surface area contributed by atoms with Gasteiger partial charge in [0.05, 0.1) is 17.7 Å². The van der Waals surface area contributed by atoms with E-state index in [1.165, 1.54) is 11.3 Å². The molecule has 0 aromatic heterocycles. The number of fused-ring (bicyclic) bond motifs is 3. The monoisotopic (exact) mass is 539 g/mol. The smallest absolute Gasteiger partial charge is 0.858 e. The number of anilines is 1. The molecule has 0 saturated heterocycles. The van der Waals surface area contributed by atoms with Crippen LogP contribution in [-0.2, 0) is 25.2 Å². The fraction of sp³-hybridized carbons (Fsp3) is 0.200. The second kappa shape index (κ2) is 13.4. The predicted octanol–water partition coefficient (Wildman–Crippen LogP) is 1.87. The van der Waals surface area contributed by atoms with Crippen molar-refractivity contribution < 1.29 is 40.9 Å². The summed E-state index contributed by atoms with van der Waals surface area (Å²) < 4.78 is 0. The van der Waals surface area contributed by atoms with Crippen LogP contribution in [0, 0.1) is 5.92 Å².